The summed E-state index contributed by atoms with van der Waals surface area (Å²) in [7, 11) is 0. The summed E-state index contributed by atoms with van der Waals surface area (Å²) in [5.74, 6) is -2.79. The molecule has 0 saturated heterocycles. The van der Waals surface area contributed by atoms with Crippen LogP contribution >= 0.6 is 0 Å². The number of benzene rings is 1. The SMILES string of the molecule is CCOc1ccc(OC(F)(F)COC2CCC(C3CCC(OCC)CC3)CC2)c(F)c1F. The summed E-state index contributed by atoms with van der Waals surface area (Å²) < 4.78 is 76.8. The van der Waals surface area contributed by atoms with Crippen LogP contribution in [-0.2, 0) is 9.47 Å². The van der Waals surface area contributed by atoms with Crippen molar-refractivity contribution >= 4 is 0 Å². The first-order valence-corrected chi connectivity index (χ1v) is 11.7. The largest absolute Gasteiger partial charge is 0.491 e. The highest BCUT2D eigenvalue weighted by atomic mass is 19.3. The molecule has 0 aliphatic heterocycles. The third-order valence-corrected chi connectivity index (χ3v) is 6.56. The van der Waals surface area contributed by atoms with Gasteiger partial charge in [0.05, 0.1) is 18.8 Å². The first-order chi connectivity index (χ1) is 15.3. The zero-order valence-corrected chi connectivity index (χ0v) is 18.9. The topological polar surface area (TPSA) is 36.9 Å². The number of ether oxygens (including phenoxy) is 4. The van der Waals surface area contributed by atoms with Crippen molar-refractivity contribution in [2.75, 3.05) is 19.8 Å². The van der Waals surface area contributed by atoms with Crippen LogP contribution in [-0.4, -0.2) is 38.1 Å². The second-order valence-electron chi connectivity index (χ2n) is 8.70. The molecule has 0 atom stereocenters. The van der Waals surface area contributed by atoms with E-state index in [1.807, 2.05) is 6.92 Å². The average Bonchev–Trinajstić information content (AvgIpc) is 2.79. The highest BCUT2D eigenvalue weighted by Gasteiger charge is 2.37. The molecule has 32 heavy (non-hydrogen) atoms. The van der Waals surface area contributed by atoms with E-state index in [9.17, 15) is 17.6 Å². The summed E-state index contributed by atoms with van der Waals surface area (Å²) in [5, 5.41) is 0. The Kier molecular flexibility index (Phi) is 9.05. The smallest absolute Gasteiger partial charge is 0.422 e. The van der Waals surface area contributed by atoms with Crippen molar-refractivity contribution in [1.29, 1.82) is 0 Å². The lowest BCUT2D eigenvalue weighted by atomic mass is 9.72. The predicted octanol–water partition coefficient (Wildman–Crippen LogP) is 6.51. The molecule has 182 valence electrons. The maximum atomic E-state index is 14.2. The van der Waals surface area contributed by atoms with Gasteiger partial charge in [0.15, 0.2) is 18.1 Å². The lowest BCUT2D eigenvalue weighted by molar-refractivity contribution is -0.223. The molecule has 0 radical (unpaired) electrons. The van der Waals surface area contributed by atoms with Crippen LogP contribution < -0.4 is 9.47 Å². The van der Waals surface area contributed by atoms with Gasteiger partial charge in [-0.1, -0.05) is 0 Å². The standard InChI is InChI=1S/C24H34F4O4/c1-3-29-18-9-5-16(6-10-18)17-7-11-19(12-8-17)31-15-24(27,28)32-21-14-13-20(30-4-2)22(25)23(21)26/h13-14,16-19H,3-12,15H2,1-2H3. The van der Waals surface area contributed by atoms with Crippen LogP contribution in [0.15, 0.2) is 12.1 Å². The molecule has 2 aliphatic carbocycles. The van der Waals surface area contributed by atoms with Gasteiger partial charge in [0, 0.05) is 6.61 Å². The molecule has 0 aromatic heterocycles. The van der Waals surface area contributed by atoms with E-state index in [4.69, 9.17) is 14.2 Å². The van der Waals surface area contributed by atoms with Gasteiger partial charge in [0.1, 0.15) is 0 Å². The Hall–Kier alpha value is -1.54. The molecular formula is C24H34F4O4. The van der Waals surface area contributed by atoms with E-state index in [2.05, 4.69) is 4.74 Å². The second-order valence-corrected chi connectivity index (χ2v) is 8.70. The van der Waals surface area contributed by atoms with Gasteiger partial charge in [-0.3, -0.25) is 0 Å². The maximum absolute atomic E-state index is 14.2. The highest BCUT2D eigenvalue weighted by molar-refractivity contribution is 5.35. The predicted molar refractivity (Wildman–Crippen MR) is 112 cm³/mol. The van der Waals surface area contributed by atoms with Crippen LogP contribution in [0.25, 0.3) is 0 Å². The number of alkyl halides is 2. The lowest BCUT2D eigenvalue weighted by Crippen LogP contribution is -2.35. The fourth-order valence-corrected chi connectivity index (χ4v) is 4.95. The van der Waals surface area contributed by atoms with Gasteiger partial charge in [-0.25, -0.2) is 0 Å². The molecule has 2 aliphatic rings. The summed E-state index contributed by atoms with van der Waals surface area (Å²) in [5.41, 5.74) is 0. The van der Waals surface area contributed by atoms with Crippen molar-refractivity contribution in [3.05, 3.63) is 23.8 Å². The molecular weight excluding hydrogens is 428 g/mol. The lowest BCUT2D eigenvalue weighted by Gasteiger charge is -2.37. The average molecular weight is 463 g/mol. The van der Waals surface area contributed by atoms with Crippen molar-refractivity contribution in [2.45, 2.75) is 83.5 Å². The molecule has 1 aromatic rings. The fraction of sp³-hybridized carbons (Fsp3) is 0.750. The van der Waals surface area contributed by atoms with Crippen molar-refractivity contribution < 1.29 is 36.5 Å². The number of hydrogen-bond donors (Lipinski definition) is 0. The van der Waals surface area contributed by atoms with E-state index < -0.39 is 30.1 Å². The molecule has 0 spiro atoms. The minimum absolute atomic E-state index is 0.122. The molecule has 4 nitrogen and oxygen atoms in total. The van der Waals surface area contributed by atoms with Crippen LogP contribution in [0.1, 0.15) is 65.2 Å². The zero-order chi connectivity index (χ0) is 23.1. The minimum Gasteiger partial charge on any atom is -0.491 e. The Morgan fingerprint density at radius 1 is 0.750 bits per heavy atom. The second kappa shape index (κ2) is 11.5. The zero-order valence-electron chi connectivity index (χ0n) is 18.9. The van der Waals surface area contributed by atoms with E-state index in [0.717, 1.165) is 70.1 Å². The molecule has 0 N–H and O–H groups in total. The van der Waals surface area contributed by atoms with Gasteiger partial charge < -0.3 is 18.9 Å². The van der Waals surface area contributed by atoms with Gasteiger partial charge in [-0.05, 0) is 89.2 Å². The van der Waals surface area contributed by atoms with Gasteiger partial charge in [-0.2, -0.15) is 17.6 Å². The van der Waals surface area contributed by atoms with Crippen molar-refractivity contribution in [1.82, 2.24) is 0 Å². The van der Waals surface area contributed by atoms with E-state index in [1.54, 1.807) is 6.92 Å². The monoisotopic (exact) mass is 462 g/mol. The summed E-state index contributed by atoms with van der Waals surface area (Å²) in [6.45, 7) is 3.50. The van der Waals surface area contributed by atoms with Gasteiger partial charge in [0.2, 0.25) is 11.6 Å². The fourth-order valence-electron chi connectivity index (χ4n) is 4.95. The molecule has 0 heterocycles. The van der Waals surface area contributed by atoms with Crippen LogP contribution in [0.3, 0.4) is 0 Å². The van der Waals surface area contributed by atoms with Gasteiger partial charge in [-0.15, -0.1) is 0 Å². The van der Waals surface area contributed by atoms with Crippen LogP contribution in [0.5, 0.6) is 11.5 Å². The van der Waals surface area contributed by atoms with E-state index >= 15 is 0 Å². The molecule has 2 saturated carbocycles. The maximum Gasteiger partial charge on any atom is 0.422 e. The molecule has 3 rings (SSSR count). The minimum atomic E-state index is -3.77. The van der Waals surface area contributed by atoms with Gasteiger partial charge in [0.25, 0.3) is 0 Å². The van der Waals surface area contributed by atoms with E-state index in [0.29, 0.717) is 17.9 Å². The molecule has 0 amide bonds. The van der Waals surface area contributed by atoms with Crippen LogP contribution in [0.4, 0.5) is 17.6 Å². The Morgan fingerprint density at radius 3 is 1.78 bits per heavy atom. The summed E-state index contributed by atoms with van der Waals surface area (Å²) in [4.78, 5) is 0. The quantitative estimate of drug-likeness (QED) is 0.372. The Labute approximate surface area is 187 Å². The Balaban J connectivity index is 1.43. The van der Waals surface area contributed by atoms with Gasteiger partial charge >= 0.3 is 6.11 Å². The Morgan fingerprint density at radius 2 is 1.25 bits per heavy atom. The van der Waals surface area contributed by atoms with Crippen LogP contribution in [0, 0.1) is 23.5 Å². The molecule has 1 aromatic carbocycles. The number of rotatable bonds is 10. The number of halogens is 4. The summed E-state index contributed by atoms with van der Waals surface area (Å²) in [6, 6.07) is 2.00. The van der Waals surface area contributed by atoms with Crippen molar-refractivity contribution in [3.63, 3.8) is 0 Å². The summed E-state index contributed by atoms with van der Waals surface area (Å²) in [6.07, 6.45) is 4.22. The Bertz CT molecular complexity index is 714. The normalized spacial score (nSPS) is 26.7. The molecule has 0 bridgehead atoms. The third kappa shape index (κ3) is 6.73. The summed E-state index contributed by atoms with van der Waals surface area (Å²) >= 11 is 0. The first kappa shape index (κ1) is 25.1. The van der Waals surface area contributed by atoms with Crippen molar-refractivity contribution in [2.24, 2.45) is 11.8 Å². The number of hydrogen-bond acceptors (Lipinski definition) is 4. The first-order valence-electron chi connectivity index (χ1n) is 11.7. The van der Waals surface area contributed by atoms with E-state index in [1.165, 1.54) is 0 Å². The van der Waals surface area contributed by atoms with E-state index in [-0.39, 0.29) is 18.5 Å². The third-order valence-electron chi connectivity index (χ3n) is 6.56. The van der Waals surface area contributed by atoms with Crippen LogP contribution in [0.2, 0.25) is 0 Å². The molecule has 8 heteroatoms. The highest BCUT2D eigenvalue weighted by Crippen LogP contribution is 2.40. The van der Waals surface area contributed by atoms with Crippen molar-refractivity contribution in [3.8, 4) is 11.5 Å². The molecule has 2 fully saturated rings. The molecule has 0 unspecified atom stereocenters.